The fourth-order valence-electron chi connectivity index (χ4n) is 5.08. The van der Waals surface area contributed by atoms with Crippen molar-refractivity contribution >= 4 is 23.3 Å². The molecule has 0 N–H and O–H groups in total. The van der Waals surface area contributed by atoms with Crippen LogP contribution in [0.1, 0.15) is 30.0 Å². The fraction of sp³-hybridized carbons (Fsp3) is 0.161. The number of benzene rings is 2. The second-order valence-corrected chi connectivity index (χ2v) is 9.65. The van der Waals surface area contributed by atoms with Gasteiger partial charge in [0.1, 0.15) is 17.4 Å². The highest BCUT2D eigenvalue weighted by molar-refractivity contribution is 5.85. The molecular formula is C31H25F3N6O2. The molecular weight excluding hydrogens is 545 g/mol. The highest BCUT2D eigenvalue weighted by Crippen LogP contribution is 2.37. The minimum Gasteiger partial charge on any atom is -0.440 e. The van der Waals surface area contributed by atoms with Gasteiger partial charge in [-0.2, -0.15) is 13.2 Å². The van der Waals surface area contributed by atoms with Crippen molar-refractivity contribution in [3.05, 3.63) is 115 Å². The Kier molecular flexibility index (Phi) is 7.07. The first-order chi connectivity index (χ1) is 20.4. The molecule has 1 atom stereocenters. The molecule has 0 saturated heterocycles. The first-order valence-electron chi connectivity index (χ1n) is 13.2. The number of carbonyl (C=O) groups excluding carboxylic acids is 1. The van der Waals surface area contributed by atoms with E-state index in [0.717, 1.165) is 29.1 Å². The number of amides is 1. The molecule has 0 aliphatic heterocycles. The van der Waals surface area contributed by atoms with E-state index < -0.39 is 17.8 Å². The molecule has 4 heterocycles. The third kappa shape index (κ3) is 5.16. The van der Waals surface area contributed by atoms with E-state index in [0.29, 0.717) is 30.9 Å². The van der Waals surface area contributed by atoms with Crippen molar-refractivity contribution in [1.82, 2.24) is 24.1 Å². The minimum absolute atomic E-state index is 0.108. The van der Waals surface area contributed by atoms with Crippen molar-refractivity contribution in [3.63, 3.8) is 0 Å². The van der Waals surface area contributed by atoms with E-state index >= 15 is 0 Å². The second kappa shape index (κ2) is 11.0. The van der Waals surface area contributed by atoms with Gasteiger partial charge in [-0.05, 0) is 55.0 Å². The van der Waals surface area contributed by atoms with Crippen LogP contribution in [-0.2, 0) is 23.9 Å². The molecule has 0 bridgehead atoms. The zero-order valence-electron chi connectivity index (χ0n) is 22.4. The highest BCUT2D eigenvalue weighted by Gasteiger charge is 2.32. The molecule has 0 saturated carbocycles. The molecule has 0 radical (unpaired) electrons. The van der Waals surface area contributed by atoms with Crippen LogP contribution in [0.2, 0.25) is 0 Å². The minimum atomic E-state index is -4.50. The normalized spacial score (nSPS) is 12.5. The number of fused-ring (bicyclic) bond motifs is 1. The van der Waals surface area contributed by atoms with Crippen molar-refractivity contribution in [1.29, 1.82) is 0 Å². The smallest absolute Gasteiger partial charge is 0.416 e. The van der Waals surface area contributed by atoms with Crippen molar-refractivity contribution in [3.8, 4) is 16.9 Å². The Balaban J connectivity index is 1.42. The number of hydrogen-bond donors (Lipinski definition) is 0. The molecule has 4 aromatic heterocycles. The molecule has 0 spiro atoms. The summed E-state index contributed by atoms with van der Waals surface area (Å²) in [6.07, 6.45) is 5.12. The summed E-state index contributed by atoms with van der Waals surface area (Å²) >= 11 is 0. The number of alkyl halides is 3. The van der Waals surface area contributed by atoms with Gasteiger partial charge >= 0.3 is 6.18 Å². The Labute approximate surface area is 238 Å². The lowest BCUT2D eigenvalue weighted by Gasteiger charge is -2.26. The van der Waals surface area contributed by atoms with Gasteiger partial charge in [-0.25, -0.2) is 9.97 Å². The molecule has 6 aromatic rings. The van der Waals surface area contributed by atoms with Crippen LogP contribution in [0, 0.1) is 0 Å². The van der Waals surface area contributed by atoms with Gasteiger partial charge in [0.15, 0.2) is 0 Å². The second-order valence-electron chi connectivity index (χ2n) is 9.65. The summed E-state index contributed by atoms with van der Waals surface area (Å²) in [6.45, 7) is 2.53. The molecule has 1 unspecified atom stereocenters. The van der Waals surface area contributed by atoms with Crippen LogP contribution in [0.15, 0.2) is 102 Å². The number of carbonyl (C=O) groups is 1. The van der Waals surface area contributed by atoms with Crippen molar-refractivity contribution in [2.75, 3.05) is 4.90 Å². The SMILES string of the molecule is CCn1c(-c2ccc(-n3ccnc3)cc2)cnc1C(Cc1ccccn1)N(C=O)c1cc2cc(C(F)(F)F)ccc2o1. The van der Waals surface area contributed by atoms with Gasteiger partial charge in [0, 0.05) is 54.4 Å². The lowest BCUT2D eigenvalue weighted by molar-refractivity contribution is -0.137. The van der Waals surface area contributed by atoms with Gasteiger partial charge in [-0.15, -0.1) is 0 Å². The van der Waals surface area contributed by atoms with Gasteiger partial charge in [0.2, 0.25) is 12.3 Å². The van der Waals surface area contributed by atoms with Crippen molar-refractivity contribution < 1.29 is 22.4 Å². The predicted octanol–water partition coefficient (Wildman–Crippen LogP) is 6.86. The maximum Gasteiger partial charge on any atom is 0.416 e. The van der Waals surface area contributed by atoms with E-state index in [1.807, 2.05) is 58.7 Å². The quantitative estimate of drug-likeness (QED) is 0.177. The fourth-order valence-corrected chi connectivity index (χ4v) is 5.08. The Bertz CT molecular complexity index is 1810. The molecule has 0 aliphatic carbocycles. The summed E-state index contributed by atoms with van der Waals surface area (Å²) in [6, 6.07) is 17.4. The monoisotopic (exact) mass is 570 g/mol. The molecule has 8 nitrogen and oxygen atoms in total. The van der Waals surface area contributed by atoms with Gasteiger partial charge in [-0.3, -0.25) is 14.7 Å². The van der Waals surface area contributed by atoms with Gasteiger partial charge < -0.3 is 13.6 Å². The molecule has 0 fully saturated rings. The zero-order chi connectivity index (χ0) is 29.3. The molecule has 6 rings (SSSR count). The Morgan fingerprint density at radius 3 is 2.52 bits per heavy atom. The predicted molar refractivity (Wildman–Crippen MR) is 151 cm³/mol. The lowest BCUT2D eigenvalue weighted by Crippen LogP contribution is -2.31. The van der Waals surface area contributed by atoms with Gasteiger partial charge in [-0.1, -0.05) is 18.2 Å². The Morgan fingerprint density at radius 2 is 1.86 bits per heavy atom. The highest BCUT2D eigenvalue weighted by atomic mass is 19.4. The van der Waals surface area contributed by atoms with E-state index in [4.69, 9.17) is 9.40 Å². The van der Waals surface area contributed by atoms with Gasteiger partial charge in [0.05, 0.1) is 23.8 Å². The summed E-state index contributed by atoms with van der Waals surface area (Å²) in [5, 5.41) is 0.237. The molecule has 11 heteroatoms. The van der Waals surface area contributed by atoms with Gasteiger partial charge in [0.25, 0.3) is 0 Å². The van der Waals surface area contributed by atoms with Crippen LogP contribution in [0.4, 0.5) is 19.1 Å². The largest absolute Gasteiger partial charge is 0.440 e. The summed E-state index contributed by atoms with van der Waals surface area (Å²) < 4.78 is 49.8. The summed E-state index contributed by atoms with van der Waals surface area (Å²) in [5.41, 5.74) is 2.88. The van der Waals surface area contributed by atoms with Crippen LogP contribution >= 0.6 is 0 Å². The van der Waals surface area contributed by atoms with Crippen molar-refractivity contribution in [2.45, 2.75) is 32.1 Å². The third-order valence-electron chi connectivity index (χ3n) is 7.13. The summed E-state index contributed by atoms with van der Waals surface area (Å²) in [7, 11) is 0. The number of aromatic nitrogens is 5. The molecule has 42 heavy (non-hydrogen) atoms. The Morgan fingerprint density at radius 1 is 1.02 bits per heavy atom. The zero-order valence-corrected chi connectivity index (χ0v) is 22.4. The first-order valence-corrected chi connectivity index (χ1v) is 13.2. The van der Waals surface area contributed by atoms with E-state index in [2.05, 4.69) is 9.97 Å². The average Bonchev–Trinajstić information content (AvgIpc) is 3.77. The molecule has 0 aliphatic rings. The number of rotatable bonds is 9. The van der Waals surface area contributed by atoms with Crippen LogP contribution < -0.4 is 4.90 Å². The van der Waals surface area contributed by atoms with Crippen LogP contribution in [0.3, 0.4) is 0 Å². The lowest BCUT2D eigenvalue weighted by atomic mass is 10.1. The number of anilines is 1. The molecule has 2 aromatic carbocycles. The van der Waals surface area contributed by atoms with Crippen molar-refractivity contribution in [2.24, 2.45) is 0 Å². The van der Waals surface area contributed by atoms with E-state index in [-0.39, 0.29) is 16.9 Å². The first kappa shape index (κ1) is 27.0. The number of pyridine rings is 1. The van der Waals surface area contributed by atoms with E-state index in [9.17, 15) is 18.0 Å². The maximum absolute atomic E-state index is 13.3. The van der Waals surface area contributed by atoms with Crippen LogP contribution in [0.25, 0.3) is 27.9 Å². The van der Waals surface area contributed by atoms with E-state index in [1.54, 1.807) is 31.0 Å². The average molecular weight is 571 g/mol. The molecule has 1 amide bonds. The number of halogens is 3. The third-order valence-corrected chi connectivity index (χ3v) is 7.13. The maximum atomic E-state index is 13.3. The Hall–Kier alpha value is -5.19. The van der Waals surface area contributed by atoms with Crippen LogP contribution in [-0.4, -0.2) is 30.5 Å². The summed E-state index contributed by atoms with van der Waals surface area (Å²) in [4.78, 5) is 27.3. The van der Waals surface area contributed by atoms with Crippen LogP contribution in [0.5, 0.6) is 0 Å². The number of hydrogen-bond acceptors (Lipinski definition) is 5. The number of nitrogens with zero attached hydrogens (tertiary/aromatic N) is 6. The number of furan rings is 1. The van der Waals surface area contributed by atoms with E-state index in [1.165, 1.54) is 17.0 Å². The summed E-state index contributed by atoms with van der Waals surface area (Å²) in [5.74, 6) is 0.692. The molecule has 212 valence electrons. The standard InChI is InChI=1S/C31H25F3N6O2/c1-2-39-27(21-6-9-25(10-7-21)38-14-13-35-19-38)18-37-30(39)26(17-24-5-3-4-12-36-24)40(20-41)29-16-22-15-23(31(32,33)34)8-11-28(22)42-29/h3-16,18-20,26H,2,17H2,1H3. The topological polar surface area (TPSA) is 82.0 Å². The number of imidazole rings is 2.